The summed E-state index contributed by atoms with van der Waals surface area (Å²) in [6.07, 6.45) is 4.24. The quantitative estimate of drug-likeness (QED) is 0.894. The number of hydrogen-bond acceptors (Lipinski definition) is 4. The molecule has 1 saturated carbocycles. The zero-order valence-corrected chi connectivity index (χ0v) is 11.1. The van der Waals surface area contributed by atoms with Gasteiger partial charge in [-0.3, -0.25) is 4.79 Å². The molecule has 1 aromatic rings. The van der Waals surface area contributed by atoms with Gasteiger partial charge in [-0.1, -0.05) is 0 Å². The predicted molar refractivity (Wildman–Crippen MR) is 68.6 cm³/mol. The van der Waals surface area contributed by atoms with Gasteiger partial charge < -0.3 is 14.8 Å². The molecule has 3 rings (SSSR count). The third-order valence-electron chi connectivity index (χ3n) is 3.86. The first-order valence-corrected chi connectivity index (χ1v) is 6.87. The normalized spacial score (nSPS) is 22.1. The molecule has 1 aliphatic carbocycles. The molecule has 1 N–H and O–H groups in total. The standard InChI is InChI=1S/C14H17FN2O3/c15-10-1-2-12(16-9-10)13(18)17-11-3-5-14(6-4-11)19-7-8-20-14/h1-2,9,11H,3-8H2,(H,17,18). The summed E-state index contributed by atoms with van der Waals surface area (Å²) < 4.78 is 24.0. The Kier molecular flexibility index (Phi) is 3.67. The molecular weight excluding hydrogens is 263 g/mol. The van der Waals surface area contributed by atoms with Gasteiger partial charge in [0.25, 0.3) is 5.91 Å². The van der Waals surface area contributed by atoms with Gasteiger partial charge in [-0.2, -0.15) is 0 Å². The number of carbonyl (C=O) groups is 1. The van der Waals surface area contributed by atoms with Crippen LogP contribution in [0.5, 0.6) is 0 Å². The number of nitrogens with one attached hydrogen (secondary N) is 1. The largest absolute Gasteiger partial charge is 0.348 e. The van der Waals surface area contributed by atoms with E-state index in [0.717, 1.165) is 31.9 Å². The summed E-state index contributed by atoms with van der Waals surface area (Å²) in [7, 11) is 0. The molecular formula is C14H17FN2O3. The van der Waals surface area contributed by atoms with Crippen LogP contribution in [0.1, 0.15) is 36.2 Å². The van der Waals surface area contributed by atoms with Crippen molar-refractivity contribution in [2.75, 3.05) is 13.2 Å². The Hall–Kier alpha value is -1.53. The van der Waals surface area contributed by atoms with Gasteiger partial charge in [-0.25, -0.2) is 9.37 Å². The predicted octanol–water partition coefficient (Wildman–Crippen LogP) is 1.64. The molecule has 0 atom stereocenters. The average Bonchev–Trinajstić information content (AvgIpc) is 2.91. The van der Waals surface area contributed by atoms with Crippen LogP contribution >= 0.6 is 0 Å². The molecule has 1 spiro atoms. The molecule has 5 nitrogen and oxygen atoms in total. The molecule has 2 fully saturated rings. The van der Waals surface area contributed by atoms with E-state index in [0.29, 0.717) is 13.2 Å². The first kappa shape index (κ1) is 13.5. The number of hydrogen-bond donors (Lipinski definition) is 1. The van der Waals surface area contributed by atoms with E-state index in [1.54, 1.807) is 0 Å². The van der Waals surface area contributed by atoms with Crippen molar-refractivity contribution in [3.8, 4) is 0 Å². The maximum atomic E-state index is 12.8. The molecule has 1 aromatic heterocycles. The van der Waals surface area contributed by atoms with E-state index in [4.69, 9.17) is 9.47 Å². The van der Waals surface area contributed by atoms with E-state index in [1.807, 2.05) is 0 Å². The summed E-state index contributed by atoms with van der Waals surface area (Å²) in [5.41, 5.74) is 0.236. The van der Waals surface area contributed by atoms with E-state index < -0.39 is 11.6 Å². The molecule has 0 aromatic carbocycles. The van der Waals surface area contributed by atoms with Crippen LogP contribution in [-0.4, -0.2) is 35.9 Å². The zero-order chi connectivity index (χ0) is 14.0. The summed E-state index contributed by atoms with van der Waals surface area (Å²) in [5.74, 6) is -1.13. The Balaban J connectivity index is 1.54. The van der Waals surface area contributed by atoms with Crippen LogP contribution in [0.15, 0.2) is 18.3 Å². The smallest absolute Gasteiger partial charge is 0.270 e. The van der Waals surface area contributed by atoms with Crippen molar-refractivity contribution < 1.29 is 18.7 Å². The van der Waals surface area contributed by atoms with E-state index in [1.165, 1.54) is 12.1 Å². The topological polar surface area (TPSA) is 60.5 Å². The van der Waals surface area contributed by atoms with Gasteiger partial charge in [0.05, 0.1) is 19.4 Å². The second-order valence-electron chi connectivity index (χ2n) is 5.22. The first-order chi connectivity index (χ1) is 9.67. The molecule has 0 bridgehead atoms. The van der Waals surface area contributed by atoms with Crippen LogP contribution in [0.3, 0.4) is 0 Å². The molecule has 1 aliphatic heterocycles. The number of pyridine rings is 1. The number of rotatable bonds is 2. The molecule has 6 heteroatoms. The highest BCUT2D eigenvalue weighted by Gasteiger charge is 2.40. The molecule has 2 aliphatic rings. The highest BCUT2D eigenvalue weighted by molar-refractivity contribution is 5.92. The van der Waals surface area contributed by atoms with Gasteiger partial charge in [-0.15, -0.1) is 0 Å². The van der Waals surface area contributed by atoms with Gasteiger partial charge >= 0.3 is 0 Å². The van der Waals surface area contributed by atoms with Crippen LogP contribution in [0.25, 0.3) is 0 Å². The number of halogens is 1. The number of ether oxygens (including phenoxy) is 2. The number of aromatic nitrogens is 1. The highest BCUT2D eigenvalue weighted by atomic mass is 19.1. The van der Waals surface area contributed by atoms with Crippen LogP contribution in [0.4, 0.5) is 4.39 Å². The summed E-state index contributed by atoms with van der Waals surface area (Å²) >= 11 is 0. The SMILES string of the molecule is O=C(NC1CCC2(CC1)OCCO2)c1ccc(F)cn1. The van der Waals surface area contributed by atoms with Gasteiger partial charge in [0.15, 0.2) is 5.79 Å². The van der Waals surface area contributed by atoms with Gasteiger partial charge in [0.1, 0.15) is 11.5 Å². The minimum atomic E-state index is -0.448. The second kappa shape index (κ2) is 5.46. The third kappa shape index (κ3) is 2.81. The fourth-order valence-corrected chi connectivity index (χ4v) is 2.76. The van der Waals surface area contributed by atoms with Gasteiger partial charge in [0, 0.05) is 18.9 Å². The van der Waals surface area contributed by atoms with E-state index in [2.05, 4.69) is 10.3 Å². The second-order valence-corrected chi connectivity index (χ2v) is 5.22. The number of carbonyl (C=O) groups excluding carboxylic acids is 1. The van der Waals surface area contributed by atoms with Crippen molar-refractivity contribution in [2.45, 2.75) is 37.5 Å². The summed E-state index contributed by atoms with van der Waals surface area (Å²) in [4.78, 5) is 15.8. The Morgan fingerprint density at radius 1 is 1.30 bits per heavy atom. The maximum Gasteiger partial charge on any atom is 0.270 e. The van der Waals surface area contributed by atoms with Gasteiger partial charge in [-0.05, 0) is 25.0 Å². The Bertz CT molecular complexity index is 476. The van der Waals surface area contributed by atoms with Gasteiger partial charge in [0.2, 0.25) is 0 Å². The van der Waals surface area contributed by atoms with Crippen molar-refractivity contribution in [1.29, 1.82) is 0 Å². The lowest BCUT2D eigenvalue weighted by Crippen LogP contribution is -2.44. The minimum absolute atomic E-state index is 0.0905. The van der Waals surface area contributed by atoms with Crippen molar-refractivity contribution in [3.05, 3.63) is 29.8 Å². The fraction of sp³-hybridized carbons (Fsp3) is 0.571. The van der Waals surface area contributed by atoms with E-state index >= 15 is 0 Å². The average molecular weight is 280 g/mol. The van der Waals surface area contributed by atoms with Crippen LogP contribution < -0.4 is 5.32 Å². The van der Waals surface area contributed by atoms with Crippen LogP contribution in [0, 0.1) is 5.82 Å². The Morgan fingerprint density at radius 2 is 2.00 bits per heavy atom. The molecule has 108 valence electrons. The first-order valence-electron chi connectivity index (χ1n) is 6.87. The van der Waals surface area contributed by atoms with Crippen molar-refractivity contribution in [2.24, 2.45) is 0 Å². The Morgan fingerprint density at radius 3 is 2.60 bits per heavy atom. The highest BCUT2D eigenvalue weighted by Crippen LogP contribution is 2.35. The number of amides is 1. The van der Waals surface area contributed by atoms with Crippen molar-refractivity contribution in [1.82, 2.24) is 10.3 Å². The molecule has 0 radical (unpaired) electrons. The van der Waals surface area contributed by atoms with E-state index in [-0.39, 0.29) is 17.6 Å². The minimum Gasteiger partial charge on any atom is -0.348 e. The monoisotopic (exact) mass is 280 g/mol. The van der Waals surface area contributed by atoms with Crippen LogP contribution in [-0.2, 0) is 9.47 Å². The van der Waals surface area contributed by atoms with Crippen LogP contribution in [0.2, 0.25) is 0 Å². The van der Waals surface area contributed by atoms with E-state index in [9.17, 15) is 9.18 Å². The lowest BCUT2D eigenvalue weighted by Gasteiger charge is -2.35. The molecule has 2 heterocycles. The number of nitrogens with zero attached hydrogens (tertiary/aromatic N) is 1. The summed E-state index contributed by atoms with van der Waals surface area (Å²) in [6, 6.07) is 2.71. The van der Waals surface area contributed by atoms with Crippen molar-refractivity contribution in [3.63, 3.8) is 0 Å². The third-order valence-corrected chi connectivity index (χ3v) is 3.86. The molecule has 1 saturated heterocycles. The molecule has 0 unspecified atom stereocenters. The maximum absolute atomic E-state index is 12.8. The zero-order valence-electron chi connectivity index (χ0n) is 11.1. The van der Waals surface area contributed by atoms with Crippen molar-refractivity contribution >= 4 is 5.91 Å². The Labute approximate surface area is 116 Å². The lowest BCUT2D eigenvalue weighted by molar-refractivity contribution is -0.179. The fourth-order valence-electron chi connectivity index (χ4n) is 2.76. The summed E-state index contributed by atoms with van der Waals surface area (Å²) in [5, 5.41) is 2.93. The molecule has 1 amide bonds. The lowest BCUT2D eigenvalue weighted by atomic mass is 9.90. The summed E-state index contributed by atoms with van der Waals surface area (Å²) in [6.45, 7) is 1.30. The molecule has 20 heavy (non-hydrogen) atoms.